The molecule has 142 valence electrons. The normalized spacial score (nSPS) is 12.2. The van der Waals surface area contributed by atoms with Gasteiger partial charge in [0.1, 0.15) is 12.4 Å². The zero-order valence-corrected chi connectivity index (χ0v) is 17.0. The van der Waals surface area contributed by atoms with E-state index in [-0.39, 0.29) is 11.9 Å². The predicted octanol–water partition coefficient (Wildman–Crippen LogP) is 3.96. The summed E-state index contributed by atoms with van der Waals surface area (Å²) in [5, 5.41) is 12.4. The fraction of sp³-hybridized carbons (Fsp3) is 0.350. The van der Waals surface area contributed by atoms with Crippen LogP contribution in [0.1, 0.15) is 51.5 Å². The van der Waals surface area contributed by atoms with Crippen LogP contribution in [0, 0.1) is 27.7 Å². The summed E-state index contributed by atoms with van der Waals surface area (Å²) in [6, 6.07) is 7.84. The Morgan fingerprint density at radius 3 is 2.56 bits per heavy atom. The van der Waals surface area contributed by atoms with Gasteiger partial charge in [-0.15, -0.1) is 0 Å². The zero-order valence-electron chi connectivity index (χ0n) is 16.2. The van der Waals surface area contributed by atoms with Gasteiger partial charge in [0.05, 0.1) is 22.5 Å². The van der Waals surface area contributed by atoms with Crippen LogP contribution in [0.15, 0.2) is 30.5 Å². The van der Waals surface area contributed by atoms with Crippen molar-refractivity contribution < 1.29 is 4.79 Å². The first kappa shape index (κ1) is 19.2. The van der Waals surface area contributed by atoms with E-state index in [2.05, 4.69) is 47.6 Å². The molecule has 0 aliphatic carbocycles. The molecule has 0 bridgehead atoms. The van der Waals surface area contributed by atoms with E-state index in [1.807, 2.05) is 20.8 Å². The highest BCUT2D eigenvalue weighted by atomic mass is 35.5. The molecule has 0 saturated carbocycles. The second-order valence-corrected chi connectivity index (χ2v) is 7.30. The van der Waals surface area contributed by atoms with Crippen LogP contribution in [-0.4, -0.2) is 25.5 Å². The van der Waals surface area contributed by atoms with Gasteiger partial charge in [0, 0.05) is 6.20 Å². The number of halogens is 1. The number of amides is 1. The lowest BCUT2D eigenvalue weighted by Gasteiger charge is -2.16. The van der Waals surface area contributed by atoms with Crippen molar-refractivity contribution in [2.75, 3.05) is 0 Å². The second kappa shape index (κ2) is 7.56. The molecule has 1 unspecified atom stereocenters. The molecular formula is C20H24ClN5O. The Balaban J connectivity index is 1.70. The molecule has 0 saturated heterocycles. The van der Waals surface area contributed by atoms with E-state index in [1.54, 1.807) is 21.6 Å². The molecule has 2 aromatic heterocycles. The van der Waals surface area contributed by atoms with E-state index >= 15 is 0 Å². The molecular weight excluding hydrogens is 362 g/mol. The number of carbonyl (C=O) groups excluding carboxylic acids is 1. The molecule has 1 amide bonds. The van der Waals surface area contributed by atoms with Gasteiger partial charge in [-0.05, 0) is 51.8 Å². The van der Waals surface area contributed by atoms with Crippen LogP contribution < -0.4 is 5.32 Å². The fourth-order valence-corrected chi connectivity index (χ4v) is 3.31. The first-order valence-corrected chi connectivity index (χ1v) is 9.25. The maximum atomic E-state index is 12.6. The van der Waals surface area contributed by atoms with Gasteiger partial charge in [-0.25, -0.2) is 4.68 Å². The molecule has 7 heteroatoms. The number of nitrogens with zero attached hydrogens (tertiary/aromatic N) is 4. The van der Waals surface area contributed by atoms with Crippen molar-refractivity contribution in [2.45, 2.75) is 47.3 Å². The summed E-state index contributed by atoms with van der Waals surface area (Å²) >= 11 is 6.18. The third-order valence-corrected chi connectivity index (χ3v) is 5.23. The fourth-order valence-electron chi connectivity index (χ4n) is 3.17. The summed E-state index contributed by atoms with van der Waals surface area (Å²) in [6.07, 6.45) is 1.76. The van der Waals surface area contributed by atoms with Crippen molar-refractivity contribution in [1.29, 1.82) is 0 Å². The molecule has 6 nitrogen and oxygen atoms in total. The minimum Gasteiger partial charge on any atom is -0.344 e. The van der Waals surface area contributed by atoms with Crippen LogP contribution in [0.4, 0.5) is 0 Å². The van der Waals surface area contributed by atoms with Gasteiger partial charge in [0.25, 0.3) is 5.91 Å². The third kappa shape index (κ3) is 4.06. The Labute approximate surface area is 164 Å². The topological polar surface area (TPSA) is 64.7 Å². The van der Waals surface area contributed by atoms with Crippen LogP contribution in [-0.2, 0) is 6.67 Å². The molecule has 0 aliphatic rings. The number of hydrogen-bond donors (Lipinski definition) is 1. The summed E-state index contributed by atoms with van der Waals surface area (Å²) in [7, 11) is 0. The number of hydrogen-bond acceptors (Lipinski definition) is 3. The molecule has 3 aromatic rings. The molecule has 2 heterocycles. The smallest absolute Gasteiger partial charge is 0.272 e. The quantitative estimate of drug-likeness (QED) is 0.722. The minimum atomic E-state index is -0.201. The van der Waals surface area contributed by atoms with Gasteiger partial charge in [-0.3, -0.25) is 9.48 Å². The molecule has 1 aromatic carbocycles. The lowest BCUT2D eigenvalue weighted by atomic mass is 10.0. The van der Waals surface area contributed by atoms with Crippen LogP contribution >= 0.6 is 11.6 Å². The van der Waals surface area contributed by atoms with Crippen LogP contribution in [0.2, 0.25) is 5.02 Å². The number of benzene rings is 1. The molecule has 3 rings (SSSR count). The number of rotatable bonds is 5. The highest BCUT2D eigenvalue weighted by molar-refractivity contribution is 6.31. The Kier molecular flexibility index (Phi) is 5.37. The van der Waals surface area contributed by atoms with Crippen LogP contribution in [0.25, 0.3) is 0 Å². The average Bonchev–Trinajstić information content (AvgIpc) is 3.16. The summed E-state index contributed by atoms with van der Waals surface area (Å²) in [5.41, 5.74) is 5.50. The van der Waals surface area contributed by atoms with E-state index in [9.17, 15) is 4.79 Å². The van der Waals surface area contributed by atoms with Crippen molar-refractivity contribution in [1.82, 2.24) is 24.9 Å². The summed E-state index contributed by atoms with van der Waals surface area (Å²) in [5.74, 6) is -0.201. The molecule has 1 N–H and O–H groups in total. The largest absolute Gasteiger partial charge is 0.344 e. The lowest BCUT2D eigenvalue weighted by Crippen LogP contribution is -2.27. The monoisotopic (exact) mass is 385 g/mol. The maximum absolute atomic E-state index is 12.6. The molecule has 1 atom stereocenters. The zero-order chi connectivity index (χ0) is 19.7. The Bertz CT molecular complexity index is 988. The molecule has 0 spiro atoms. The van der Waals surface area contributed by atoms with Gasteiger partial charge < -0.3 is 5.32 Å². The Morgan fingerprint density at radius 1 is 1.19 bits per heavy atom. The van der Waals surface area contributed by atoms with Gasteiger partial charge in [-0.2, -0.15) is 10.2 Å². The van der Waals surface area contributed by atoms with Crippen molar-refractivity contribution in [3.63, 3.8) is 0 Å². The highest BCUT2D eigenvalue weighted by Crippen LogP contribution is 2.20. The van der Waals surface area contributed by atoms with Crippen molar-refractivity contribution in [3.05, 3.63) is 69.3 Å². The minimum absolute atomic E-state index is 0.0990. The summed E-state index contributed by atoms with van der Waals surface area (Å²) in [6.45, 7) is 10.3. The number of nitrogens with one attached hydrogen (secondary N) is 1. The van der Waals surface area contributed by atoms with E-state index in [4.69, 9.17) is 11.6 Å². The Morgan fingerprint density at radius 2 is 1.93 bits per heavy atom. The van der Waals surface area contributed by atoms with Gasteiger partial charge in [0.15, 0.2) is 0 Å². The maximum Gasteiger partial charge on any atom is 0.272 e. The van der Waals surface area contributed by atoms with Gasteiger partial charge in [0.2, 0.25) is 0 Å². The second-order valence-electron chi connectivity index (χ2n) is 6.92. The van der Waals surface area contributed by atoms with Gasteiger partial charge >= 0.3 is 0 Å². The van der Waals surface area contributed by atoms with E-state index in [0.29, 0.717) is 17.4 Å². The number of aryl methyl sites for hydroxylation is 3. The third-order valence-electron chi connectivity index (χ3n) is 4.68. The molecule has 27 heavy (non-hydrogen) atoms. The number of carbonyl (C=O) groups is 1. The summed E-state index contributed by atoms with van der Waals surface area (Å²) in [4.78, 5) is 12.6. The summed E-state index contributed by atoms with van der Waals surface area (Å²) < 4.78 is 3.44. The first-order valence-electron chi connectivity index (χ1n) is 8.87. The van der Waals surface area contributed by atoms with E-state index in [0.717, 1.165) is 22.5 Å². The van der Waals surface area contributed by atoms with Crippen LogP contribution in [0.3, 0.4) is 0 Å². The SMILES string of the molecule is Cc1ccc(C(C)NC(=O)c2ccn(Cn3nc(C)c(Cl)c3C)n2)c(C)c1. The predicted molar refractivity (Wildman–Crippen MR) is 106 cm³/mol. The first-order chi connectivity index (χ1) is 12.8. The molecule has 0 aliphatic heterocycles. The highest BCUT2D eigenvalue weighted by Gasteiger charge is 2.16. The van der Waals surface area contributed by atoms with Crippen molar-refractivity contribution in [3.8, 4) is 0 Å². The average molecular weight is 386 g/mol. The van der Waals surface area contributed by atoms with Crippen molar-refractivity contribution >= 4 is 17.5 Å². The Hall–Kier alpha value is -2.60. The van der Waals surface area contributed by atoms with Crippen LogP contribution in [0.5, 0.6) is 0 Å². The van der Waals surface area contributed by atoms with Gasteiger partial charge in [-0.1, -0.05) is 35.4 Å². The number of aromatic nitrogens is 4. The van der Waals surface area contributed by atoms with E-state index in [1.165, 1.54) is 5.56 Å². The van der Waals surface area contributed by atoms with E-state index < -0.39 is 0 Å². The molecule has 0 radical (unpaired) electrons. The molecule has 0 fully saturated rings. The standard InChI is InChI=1S/C20H24ClN5O/c1-12-6-7-17(13(2)10-12)14(3)22-20(27)18-8-9-25(24-18)11-26-16(5)19(21)15(4)23-26/h6-10,14H,11H2,1-5H3,(H,22,27). The lowest BCUT2D eigenvalue weighted by molar-refractivity contribution is 0.0933. The van der Waals surface area contributed by atoms with Crippen molar-refractivity contribution in [2.24, 2.45) is 0 Å².